The molecule has 0 aliphatic heterocycles. The van der Waals surface area contributed by atoms with E-state index in [4.69, 9.17) is 0 Å². The molecule has 0 radical (unpaired) electrons. The smallest absolute Gasteiger partial charge is 0.225 e. The van der Waals surface area contributed by atoms with Gasteiger partial charge in [-0.25, -0.2) is 17.6 Å². The molecule has 7 heteroatoms. The number of hydrogen-bond acceptors (Lipinski definition) is 1. The third-order valence-electron chi connectivity index (χ3n) is 4.77. The molecule has 1 atom stereocenters. The number of carbonyl (C=O) groups is 1. The van der Waals surface area contributed by atoms with E-state index in [-0.39, 0.29) is 35.2 Å². The fourth-order valence-corrected chi connectivity index (χ4v) is 3.41. The number of nitrogens with one attached hydrogen (secondary N) is 1. The van der Waals surface area contributed by atoms with Crippen molar-refractivity contribution in [2.24, 2.45) is 5.92 Å². The fraction of sp³-hybridized carbons (Fsp3) is 0.471. The molecule has 1 N–H and O–H groups in total. The number of halogens is 4. The molecule has 0 saturated carbocycles. The highest BCUT2D eigenvalue weighted by Crippen LogP contribution is 2.35. The lowest BCUT2D eigenvalue weighted by molar-refractivity contribution is -0.135. The van der Waals surface area contributed by atoms with Gasteiger partial charge in [0.2, 0.25) is 5.91 Å². The van der Waals surface area contributed by atoms with Gasteiger partial charge >= 0.3 is 0 Å². The molecule has 0 saturated heterocycles. The van der Waals surface area contributed by atoms with Crippen molar-refractivity contribution in [1.29, 1.82) is 0 Å². The number of carbonyl (C=O) groups excluding carboxylic acids is 1. The van der Waals surface area contributed by atoms with E-state index in [0.29, 0.717) is 24.1 Å². The van der Waals surface area contributed by atoms with Crippen LogP contribution in [-0.4, -0.2) is 28.9 Å². The van der Waals surface area contributed by atoms with E-state index >= 15 is 0 Å². The first-order valence-corrected chi connectivity index (χ1v) is 7.86. The first-order chi connectivity index (χ1) is 11.2. The molecule has 1 unspecified atom stereocenters. The third kappa shape index (κ3) is 2.37. The number of H-pyrrole nitrogens is 1. The van der Waals surface area contributed by atoms with Gasteiger partial charge < -0.3 is 9.88 Å². The van der Waals surface area contributed by atoms with Crippen LogP contribution in [0, 0.1) is 29.2 Å². The minimum absolute atomic E-state index is 0.0489. The Morgan fingerprint density at radius 2 is 1.75 bits per heavy atom. The molecule has 3 nitrogen and oxygen atoms in total. The van der Waals surface area contributed by atoms with Crippen molar-refractivity contribution in [3.8, 4) is 0 Å². The van der Waals surface area contributed by atoms with E-state index in [0.717, 1.165) is 0 Å². The molecule has 1 heterocycles. The van der Waals surface area contributed by atoms with Gasteiger partial charge in [-0.15, -0.1) is 0 Å². The van der Waals surface area contributed by atoms with Gasteiger partial charge in [-0.05, 0) is 24.8 Å². The second-order valence-corrected chi connectivity index (χ2v) is 6.59. The van der Waals surface area contributed by atoms with Gasteiger partial charge in [0, 0.05) is 30.1 Å². The minimum atomic E-state index is -1.82. The zero-order valence-corrected chi connectivity index (χ0v) is 13.6. The highest BCUT2D eigenvalue weighted by Gasteiger charge is 2.32. The van der Waals surface area contributed by atoms with Crippen molar-refractivity contribution in [1.82, 2.24) is 9.88 Å². The van der Waals surface area contributed by atoms with Gasteiger partial charge in [0.1, 0.15) is 0 Å². The van der Waals surface area contributed by atoms with E-state index in [1.165, 1.54) is 0 Å². The Bertz CT molecular complexity index is 828. The second-order valence-electron chi connectivity index (χ2n) is 6.59. The van der Waals surface area contributed by atoms with Crippen LogP contribution >= 0.6 is 0 Å². The van der Waals surface area contributed by atoms with Crippen LogP contribution in [0.3, 0.4) is 0 Å². The van der Waals surface area contributed by atoms with E-state index < -0.39 is 23.3 Å². The zero-order valence-electron chi connectivity index (χ0n) is 13.6. The van der Waals surface area contributed by atoms with Gasteiger partial charge in [0.05, 0.1) is 5.52 Å². The maximum Gasteiger partial charge on any atom is 0.225 e. The molecule has 1 amide bonds. The molecule has 1 aromatic heterocycles. The Labute approximate surface area is 136 Å². The monoisotopic (exact) mass is 342 g/mol. The molecule has 1 aromatic carbocycles. The van der Waals surface area contributed by atoms with Crippen LogP contribution in [0.15, 0.2) is 0 Å². The number of aromatic amines is 1. The maximum atomic E-state index is 14.2. The van der Waals surface area contributed by atoms with E-state index in [1.807, 2.05) is 0 Å². The van der Waals surface area contributed by atoms with Crippen molar-refractivity contribution >= 4 is 16.8 Å². The molecular formula is C17H18F4N2O. The highest BCUT2D eigenvalue weighted by atomic mass is 19.2. The summed E-state index contributed by atoms with van der Waals surface area (Å²) in [5.41, 5.74) is 0.629. The van der Waals surface area contributed by atoms with Gasteiger partial charge in [-0.2, -0.15) is 0 Å². The fourth-order valence-electron chi connectivity index (χ4n) is 3.41. The van der Waals surface area contributed by atoms with Crippen molar-refractivity contribution in [3.05, 3.63) is 34.5 Å². The molecule has 3 rings (SSSR count). The van der Waals surface area contributed by atoms with Crippen LogP contribution < -0.4 is 0 Å². The minimum Gasteiger partial charge on any atom is -0.356 e. The molecule has 0 fully saturated rings. The summed E-state index contributed by atoms with van der Waals surface area (Å²) in [6.45, 7) is 3.57. The Hall–Kier alpha value is -2.05. The average molecular weight is 342 g/mol. The summed E-state index contributed by atoms with van der Waals surface area (Å²) >= 11 is 0. The molecule has 1 aliphatic rings. The molecule has 0 spiro atoms. The molecule has 2 aromatic rings. The van der Waals surface area contributed by atoms with Crippen molar-refractivity contribution in [2.45, 2.75) is 39.2 Å². The van der Waals surface area contributed by atoms with Crippen LogP contribution in [0.2, 0.25) is 0 Å². The van der Waals surface area contributed by atoms with Crippen molar-refractivity contribution < 1.29 is 22.4 Å². The summed E-state index contributed by atoms with van der Waals surface area (Å²) in [4.78, 5) is 16.4. The number of benzene rings is 1. The van der Waals surface area contributed by atoms with E-state index in [9.17, 15) is 22.4 Å². The standard InChI is InChI=1S/C17H18F4N2O/c1-7(2)17(24)23(3)8-4-5-10-9(6-8)11-12(18)13(19)14(20)15(21)16(11)22-10/h7-8,22H,4-6H2,1-3H3. The zero-order chi connectivity index (χ0) is 17.8. The predicted octanol–water partition coefficient (Wildman–Crippen LogP) is 3.70. The number of aryl methyl sites for hydroxylation is 1. The normalized spacial score (nSPS) is 17.4. The first kappa shape index (κ1) is 16.8. The summed E-state index contributed by atoms with van der Waals surface area (Å²) in [6, 6.07) is -0.193. The molecule has 24 heavy (non-hydrogen) atoms. The van der Waals surface area contributed by atoms with Gasteiger partial charge in [0.15, 0.2) is 23.3 Å². The van der Waals surface area contributed by atoms with Crippen LogP contribution in [0.5, 0.6) is 0 Å². The molecule has 0 bridgehead atoms. The van der Waals surface area contributed by atoms with Crippen molar-refractivity contribution in [3.63, 3.8) is 0 Å². The Kier molecular flexibility index (Phi) is 4.05. The lowest BCUT2D eigenvalue weighted by Crippen LogP contribution is -2.42. The SMILES string of the molecule is CC(C)C(=O)N(C)C1CCc2[nH]c3c(F)c(F)c(F)c(F)c3c2C1. The number of nitrogens with zero attached hydrogens (tertiary/aromatic N) is 1. The number of hydrogen-bond donors (Lipinski definition) is 1. The predicted molar refractivity (Wildman–Crippen MR) is 81.6 cm³/mol. The summed E-state index contributed by atoms with van der Waals surface area (Å²) in [7, 11) is 1.67. The number of rotatable bonds is 2. The van der Waals surface area contributed by atoms with Crippen LogP contribution in [0.1, 0.15) is 31.5 Å². The van der Waals surface area contributed by atoms with E-state index in [2.05, 4.69) is 4.98 Å². The molecule has 130 valence electrons. The van der Waals surface area contributed by atoms with Gasteiger partial charge in [-0.3, -0.25) is 4.79 Å². The Balaban J connectivity index is 2.07. The lowest BCUT2D eigenvalue weighted by atomic mass is 9.90. The average Bonchev–Trinajstić information content (AvgIpc) is 2.95. The Morgan fingerprint density at radius 1 is 1.12 bits per heavy atom. The van der Waals surface area contributed by atoms with E-state index in [1.54, 1.807) is 25.8 Å². The lowest BCUT2D eigenvalue weighted by Gasteiger charge is -2.32. The topological polar surface area (TPSA) is 36.1 Å². The summed E-state index contributed by atoms with van der Waals surface area (Å²) in [5.74, 6) is -6.66. The summed E-state index contributed by atoms with van der Waals surface area (Å²) in [5, 5.41) is -0.253. The first-order valence-electron chi connectivity index (χ1n) is 7.86. The largest absolute Gasteiger partial charge is 0.356 e. The van der Waals surface area contributed by atoms with Gasteiger partial charge in [0.25, 0.3) is 0 Å². The van der Waals surface area contributed by atoms with Crippen LogP contribution in [-0.2, 0) is 17.6 Å². The van der Waals surface area contributed by atoms with Gasteiger partial charge in [-0.1, -0.05) is 13.8 Å². The molecular weight excluding hydrogens is 324 g/mol. The summed E-state index contributed by atoms with van der Waals surface area (Å²) < 4.78 is 55.1. The van der Waals surface area contributed by atoms with Crippen molar-refractivity contribution in [2.75, 3.05) is 7.05 Å². The Morgan fingerprint density at radius 3 is 2.38 bits per heavy atom. The van der Waals surface area contributed by atoms with Crippen LogP contribution in [0.4, 0.5) is 17.6 Å². The quantitative estimate of drug-likeness (QED) is 0.504. The molecule has 1 aliphatic carbocycles. The third-order valence-corrected chi connectivity index (χ3v) is 4.77. The van der Waals surface area contributed by atoms with Crippen LogP contribution in [0.25, 0.3) is 10.9 Å². The number of aromatic nitrogens is 1. The second kappa shape index (κ2) is 5.79. The highest BCUT2D eigenvalue weighted by molar-refractivity contribution is 5.87. The number of amides is 1. The number of likely N-dealkylation sites (N-methyl/N-ethyl adjacent to an activating group) is 1. The maximum absolute atomic E-state index is 14.2. The number of fused-ring (bicyclic) bond motifs is 3. The summed E-state index contributed by atoms with van der Waals surface area (Å²) in [6.07, 6.45) is 1.33.